The molecule has 2 rings (SSSR count). The van der Waals surface area contributed by atoms with E-state index in [1.165, 1.54) is 0 Å². The Labute approximate surface area is 123 Å². The van der Waals surface area contributed by atoms with E-state index in [0.29, 0.717) is 25.3 Å². The molecule has 0 aliphatic carbocycles. The number of carbonyl (C=O) groups excluding carboxylic acids is 1. The fraction of sp³-hybridized carbons (Fsp3) is 0.467. The van der Waals surface area contributed by atoms with Crippen molar-refractivity contribution in [3.05, 3.63) is 24.3 Å². The lowest BCUT2D eigenvalue weighted by molar-refractivity contribution is -0.137. The van der Waals surface area contributed by atoms with Gasteiger partial charge in [-0.15, -0.1) is 0 Å². The highest BCUT2D eigenvalue weighted by molar-refractivity contribution is 5.83. The summed E-state index contributed by atoms with van der Waals surface area (Å²) in [5.41, 5.74) is 0.886. The summed E-state index contributed by atoms with van der Waals surface area (Å²) in [7, 11) is 0. The summed E-state index contributed by atoms with van der Waals surface area (Å²) >= 11 is 0. The van der Waals surface area contributed by atoms with E-state index in [1.807, 2.05) is 31.2 Å². The average Bonchev–Trinajstić information content (AvgIpc) is 2.50. The van der Waals surface area contributed by atoms with Gasteiger partial charge in [0, 0.05) is 13.0 Å². The molecule has 21 heavy (non-hydrogen) atoms. The molecule has 0 bridgehead atoms. The number of nitrogens with one attached hydrogen (secondary N) is 2. The van der Waals surface area contributed by atoms with Crippen molar-refractivity contribution in [2.24, 2.45) is 5.92 Å². The second-order valence-electron chi connectivity index (χ2n) is 5.27. The van der Waals surface area contributed by atoms with E-state index in [4.69, 9.17) is 9.84 Å². The lowest BCUT2D eigenvalue weighted by atomic mass is 10.1. The van der Waals surface area contributed by atoms with Crippen LogP contribution in [0.1, 0.15) is 19.8 Å². The summed E-state index contributed by atoms with van der Waals surface area (Å²) in [6.45, 7) is 2.79. The van der Waals surface area contributed by atoms with Crippen molar-refractivity contribution in [3.63, 3.8) is 0 Å². The van der Waals surface area contributed by atoms with Crippen molar-refractivity contribution < 1.29 is 19.4 Å². The van der Waals surface area contributed by atoms with E-state index >= 15 is 0 Å². The Balaban J connectivity index is 1.78. The van der Waals surface area contributed by atoms with Gasteiger partial charge in [0.2, 0.25) is 0 Å². The predicted molar refractivity (Wildman–Crippen MR) is 78.4 cm³/mol. The highest BCUT2D eigenvalue weighted by atomic mass is 16.5. The monoisotopic (exact) mass is 292 g/mol. The molecule has 114 valence electrons. The highest BCUT2D eigenvalue weighted by Gasteiger charge is 2.25. The fourth-order valence-electron chi connectivity index (χ4n) is 2.12. The van der Waals surface area contributed by atoms with Crippen LogP contribution in [0.25, 0.3) is 0 Å². The molecule has 1 aliphatic rings. The molecule has 0 spiro atoms. The van der Waals surface area contributed by atoms with Gasteiger partial charge in [-0.25, -0.2) is 0 Å². The van der Waals surface area contributed by atoms with Crippen LogP contribution < -0.4 is 15.4 Å². The maximum Gasteiger partial charge on any atom is 0.303 e. The molecule has 0 radical (unpaired) electrons. The summed E-state index contributed by atoms with van der Waals surface area (Å²) < 4.78 is 5.66. The predicted octanol–water partition coefficient (Wildman–Crippen LogP) is 1.48. The summed E-state index contributed by atoms with van der Waals surface area (Å²) in [5.74, 6) is -0.208. The SMILES string of the molecule is CC(CCC(=O)O)CNC(=O)C1CNc2ccccc2O1. The van der Waals surface area contributed by atoms with Gasteiger partial charge in [-0.05, 0) is 24.5 Å². The van der Waals surface area contributed by atoms with Gasteiger partial charge in [-0.3, -0.25) is 9.59 Å². The van der Waals surface area contributed by atoms with Crippen LogP contribution in [0.2, 0.25) is 0 Å². The molecular weight excluding hydrogens is 272 g/mol. The van der Waals surface area contributed by atoms with Crippen molar-refractivity contribution in [3.8, 4) is 5.75 Å². The molecule has 0 saturated heterocycles. The van der Waals surface area contributed by atoms with Crippen LogP contribution in [0.5, 0.6) is 5.75 Å². The van der Waals surface area contributed by atoms with Crippen molar-refractivity contribution in [2.75, 3.05) is 18.4 Å². The number of aliphatic carboxylic acids is 1. The first-order chi connectivity index (χ1) is 10.1. The van der Waals surface area contributed by atoms with Crippen molar-refractivity contribution in [1.29, 1.82) is 0 Å². The van der Waals surface area contributed by atoms with Crippen LogP contribution in [0.15, 0.2) is 24.3 Å². The van der Waals surface area contributed by atoms with Gasteiger partial charge >= 0.3 is 5.97 Å². The number of ether oxygens (including phenoxy) is 1. The quantitative estimate of drug-likeness (QED) is 0.739. The number of rotatable bonds is 6. The minimum absolute atomic E-state index is 0.117. The van der Waals surface area contributed by atoms with E-state index < -0.39 is 12.1 Å². The molecule has 0 fully saturated rings. The zero-order valence-corrected chi connectivity index (χ0v) is 12.0. The molecule has 1 aromatic rings. The molecule has 1 aromatic carbocycles. The number of amides is 1. The minimum Gasteiger partial charge on any atom is -0.481 e. The smallest absolute Gasteiger partial charge is 0.303 e. The molecule has 3 N–H and O–H groups in total. The molecule has 2 atom stereocenters. The Morgan fingerprint density at radius 2 is 2.24 bits per heavy atom. The number of fused-ring (bicyclic) bond motifs is 1. The standard InChI is InChI=1S/C15H20N2O4/c1-10(6-7-14(18)19)8-17-15(20)13-9-16-11-4-2-3-5-12(11)21-13/h2-5,10,13,16H,6-9H2,1H3,(H,17,20)(H,18,19). The topological polar surface area (TPSA) is 87.7 Å². The van der Waals surface area contributed by atoms with Crippen LogP contribution in [0.4, 0.5) is 5.69 Å². The second-order valence-corrected chi connectivity index (χ2v) is 5.27. The lowest BCUT2D eigenvalue weighted by Crippen LogP contribution is -2.45. The van der Waals surface area contributed by atoms with Gasteiger partial charge in [0.15, 0.2) is 6.10 Å². The molecule has 1 amide bonds. The van der Waals surface area contributed by atoms with E-state index in [1.54, 1.807) is 0 Å². The van der Waals surface area contributed by atoms with Crippen LogP contribution >= 0.6 is 0 Å². The summed E-state index contributed by atoms with van der Waals surface area (Å²) in [5, 5.41) is 14.6. The van der Waals surface area contributed by atoms with E-state index in [0.717, 1.165) is 5.69 Å². The fourth-order valence-corrected chi connectivity index (χ4v) is 2.12. The largest absolute Gasteiger partial charge is 0.481 e. The van der Waals surface area contributed by atoms with E-state index in [-0.39, 0.29) is 18.2 Å². The number of carbonyl (C=O) groups is 2. The number of carboxylic acid groups (broad SMARTS) is 1. The first-order valence-electron chi connectivity index (χ1n) is 7.05. The molecule has 0 saturated carbocycles. The zero-order chi connectivity index (χ0) is 15.2. The Kier molecular flexibility index (Phi) is 5.03. The molecule has 1 aliphatic heterocycles. The molecule has 6 nitrogen and oxygen atoms in total. The normalized spacial score (nSPS) is 17.9. The lowest BCUT2D eigenvalue weighted by Gasteiger charge is -2.26. The number of para-hydroxylation sites is 2. The Hall–Kier alpha value is -2.24. The molecular formula is C15H20N2O4. The summed E-state index contributed by atoms with van der Waals surface area (Å²) in [6, 6.07) is 7.48. The Bertz CT molecular complexity index is 518. The molecule has 2 unspecified atom stereocenters. The van der Waals surface area contributed by atoms with Gasteiger partial charge in [-0.2, -0.15) is 0 Å². The number of hydrogen-bond acceptors (Lipinski definition) is 4. The van der Waals surface area contributed by atoms with Crippen LogP contribution in [-0.2, 0) is 9.59 Å². The van der Waals surface area contributed by atoms with Gasteiger partial charge < -0.3 is 20.5 Å². The molecule has 6 heteroatoms. The van der Waals surface area contributed by atoms with Gasteiger partial charge in [0.25, 0.3) is 5.91 Å². The number of carboxylic acids is 1. The third kappa shape index (κ3) is 4.37. The summed E-state index contributed by atoms with van der Waals surface area (Å²) in [6.07, 6.45) is 0.0975. The van der Waals surface area contributed by atoms with Gasteiger partial charge in [-0.1, -0.05) is 19.1 Å². The maximum absolute atomic E-state index is 12.1. The first-order valence-corrected chi connectivity index (χ1v) is 7.05. The van der Waals surface area contributed by atoms with Crippen molar-refractivity contribution in [1.82, 2.24) is 5.32 Å². The number of anilines is 1. The first kappa shape index (κ1) is 15.2. The Morgan fingerprint density at radius 3 is 3.00 bits per heavy atom. The minimum atomic E-state index is -0.815. The van der Waals surface area contributed by atoms with Gasteiger partial charge in [0.05, 0.1) is 12.2 Å². The van der Waals surface area contributed by atoms with E-state index in [2.05, 4.69) is 10.6 Å². The molecule has 0 aromatic heterocycles. The van der Waals surface area contributed by atoms with Crippen LogP contribution in [-0.4, -0.2) is 36.2 Å². The van der Waals surface area contributed by atoms with E-state index in [9.17, 15) is 9.59 Å². The average molecular weight is 292 g/mol. The van der Waals surface area contributed by atoms with Crippen LogP contribution in [0, 0.1) is 5.92 Å². The zero-order valence-electron chi connectivity index (χ0n) is 12.0. The van der Waals surface area contributed by atoms with Crippen molar-refractivity contribution >= 4 is 17.6 Å². The van der Waals surface area contributed by atoms with Crippen molar-refractivity contribution in [2.45, 2.75) is 25.9 Å². The third-order valence-corrected chi connectivity index (χ3v) is 3.40. The summed E-state index contributed by atoms with van der Waals surface area (Å²) in [4.78, 5) is 22.5. The number of benzene rings is 1. The van der Waals surface area contributed by atoms with Crippen LogP contribution in [0.3, 0.4) is 0 Å². The number of hydrogen-bond donors (Lipinski definition) is 3. The second kappa shape index (κ2) is 6.97. The maximum atomic E-state index is 12.1. The third-order valence-electron chi connectivity index (χ3n) is 3.40. The van der Waals surface area contributed by atoms with Gasteiger partial charge in [0.1, 0.15) is 5.75 Å². The molecule has 1 heterocycles. The Morgan fingerprint density at radius 1 is 1.48 bits per heavy atom. The highest BCUT2D eigenvalue weighted by Crippen LogP contribution is 2.28.